The first-order valence-corrected chi connectivity index (χ1v) is 5.90. The van der Waals surface area contributed by atoms with Crippen molar-refractivity contribution in [3.63, 3.8) is 0 Å². The van der Waals surface area contributed by atoms with Gasteiger partial charge in [0.05, 0.1) is 0 Å². The number of aromatic nitrogens is 1. The van der Waals surface area contributed by atoms with Crippen LogP contribution in [0.3, 0.4) is 0 Å². The number of halogens is 4. The zero-order chi connectivity index (χ0) is 14.8. The summed E-state index contributed by atoms with van der Waals surface area (Å²) in [7, 11) is 0. The van der Waals surface area contributed by atoms with Gasteiger partial charge in [0.2, 0.25) is 5.88 Å². The van der Waals surface area contributed by atoms with Crippen molar-refractivity contribution in [1.29, 1.82) is 0 Å². The molecule has 0 saturated heterocycles. The molecule has 1 aromatic carbocycles. The molecule has 0 atom stereocenters. The highest BCUT2D eigenvalue weighted by Gasteiger charge is 2.29. The smallest absolute Gasteiger partial charge is 0.422 e. The molecule has 2 rings (SSSR count). The van der Waals surface area contributed by atoms with Gasteiger partial charge in [0.1, 0.15) is 0 Å². The minimum atomic E-state index is -4.45. The molecular weight excluding hydrogens is 293 g/mol. The van der Waals surface area contributed by atoms with E-state index in [-0.39, 0.29) is 11.6 Å². The normalized spacial score (nSPS) is 11.4. The molecule has 0 bridgehead atoms. The SMILES string of the molecule is [NH-]c1cnc(OCC(F)(F)F)c(-c2ccc(Cl)cc2)c1. The highest BCUT2D eigenvalue weighted by atomic mass is 35.5. The fraction of sp³-hybridized carbons (Fsp3) is 0.154. The minimum absolute atomic E-state index is 0.0781. The molecule has 0 aliphatic rings. The van der Waals surface area contributed by atoms with Gasteiger partial charge in [0.15, 0.2) is 6.61 Å². The Morgan fingerprint density at radius 3 is 2.45 bits per heavy atom. The van der Waals surface area contributed by atoms with Crippen molar-refractivity contribution < 1.29 is 17.9 Å². The lowest BCUT2D eigenvalue weighted by Crippen LogP contribution is -2.19. The van der Waals surface area contributed by atoms with Crippen molar-refractivity contribution in [3.8, 4) is 17.0 Å². The van der Waals surface area contributed by atoms with Crippen molar-refractivity contribution in [2.45, 2.75) is 6.18 Å². The maximum Gasteiger partial charge on any atom is 0.422 e. The molecule has 0 radical (unpaired) electrons. The first-order chi connectivity index (χ1) is 9.35. The van der Waals surface area contributed by atoms with Gasteiger partial charge in [-0.25, -0.2) is 4.98 Å². The summed E-state index contributed by atoms with van der Waals surface area (Å²) >= 11 is 5.76. The van der Waals surface area contributed by atoms with Gasteiger partial charge in [0.25, 0.3) is 0 Å². The molecule has 2 aromatic rings. The Morgan fingerprint density at radius 2 is 1.85 bits per heavy atom. The van der Waals surface area contributed by atoms with Gasteiger partial charge >= 0.3 is 6.18 Å². The van der Waals surface area contributed by atoms with Gasteiger partial charge in [-0.15, -0.1) is 5.69 Å². The first-order valence-electron chi connectivity index (χ1n) is 5.52. The standard InChI is InChI=1S/C13H9ClF3N2O/c14-9-3-1-8(2-4-9)11-5-10(18)6-19-12(11)20-7-13(15,16)17/h1-6,18H,7H2/q-1. The van der Waals surface area contributed by atoms with Crippen LogP contribution in [0.25, 0.3) is 16.9 Å². The third-order valence-corrected chi connectivity index (χ3v) is 2.63. The summed E-state index contributed by atoms with van der Waals surface area (Å²) < 4.78 is 41.3. The van der Waals surface area contributed by atoms with Gasteiger partial charge in [-0.05, 0) is 17.7 Å². The summed E-state index contributed by atoms with van der Waals surface area (Å²) in [5, 5.41) is 0.501. The lowest BCUT2D eigenvalue weighted by Gasteiger charge is -2.14. The van der Waals surface area contributed by atoms with E-state index in [0.717, 1.165) is 6.20 Å². The quantitative estimate of drug-likeness (QED) is 0.798. The predicted octanol–water partition coefficient (Wildman–Crippen LogP) is 5.03. The lowest BCUT2D eigenvalue weighted by atomic mass is 10.1. The Bertz CT molecular complexity index is 600. The number of hydrogen-bond donors (Lipinski definition) is 0. The zero-order valence-corrected chi connectivity index (χ0v) is 10.8. The van der Waals surface area contributed by atoms with E-state index in [1.165, 1.54) is 6.07 Å². The number of nitrogens with one attached hydrogen (secondary N) is 1. The van der Waals surface area contributed by atoms with Crippen molar-refractivity contribution in [2.24, 2.45) is 0 Å². The molecule has 1 heterocycles. The molecule has 0 fully saturated rings. The minimum Gasteiger partial charge on any atom is -0.697 e. The van der Waals surface area contributed by atoms with Crippen LogP contribution in [0.15, 0.2) is 36.5 Å². The first kappa shape index (κ1) is 14.5. The molecule has 0 aliphatic carbocycles. The largest absolute Gasteiger partial charge is 0.697 e. The van der Waals surface area contributed by atoms with Gasteiger partial charge in [-0.3, -0.25) is 0 Å². The van der Waals surface area contributed by atoms with Crippen molar-refractivity contribution in [2.75, 3.05) is 6.61 Å². The van der Waals surface area contributed by atoms with Gasteiger partial charge < -0.3 is 10.5 Å². The van der Waals surface area contributed by atoms with Crippen molar-refractivity contribution in [1.82, 2.24) is 4.98 Å². The molecule has 7 heteroatoms. The summed E-state index contributed by atoms with van der Waals surface area (Å²) in [5.41, 5.74) is 8.49. The Labute approximate surface area is 118 Å². The monoisotopic (exact) mass is 301 g/mol. The van der Waals surface area contributed by atoms with Gasteiger partial charge in [0, 0.05) is 16.8 Å². The van der Waals surface area contributed by atoms with Crippen LogP contribution < -0.4 is 4.74 Å². The molecule has 0 unspecified atom stereocenters. The average molecular weight is 302 g/mol. The van der Waals surface area contributed by atoms with Crippen LogP contribution >= 0.6 is 11.6 Å². The Morgan fingerprint density at radius 1 is 1.20 bits per heavy atom. The number of alkyl halides is 3. The van der Waals surface area contributed by atoms with Crippen LogP contribution in [0.2, 0.25) is 5.02 Å². The van der Waals surface area contributed by atoms with E-state index >= 15 is 0 Å². The summed E-state index contributed by atoms with van der Waals surface area (Å²) in [6, 6.07) is 7.84. The number of ether oxygens (including phenoxy) is 1. The Balaban J connectivity index is 2.35. The van der Waals surface area contributed by atoms with E-state index in [4.69, 9.17) is 17.3 Å². The number of hydrogen-bond acceptors (Lipinski definition) is 2. The van der Waals surface area contributed by atoms with E-state index in [9.17, 15) is 13.2 Å². The fourth-order valence-corrected chi connectivity index (χ4v) is 1.68. The average Bonchev–Trinajstić information content (AvgIpc) is 2.37. The van der Waals surface area contributed by atoms with Gasteiger partial charge in [-0.1, -0.05) is 29.8 Å². The molecule has 0 amide bonds. The second kappa shape index (κ2) is 5.58. The topological polar surface area (TPSA) is 45.9 Å². The van der Waals surface area contributed by atoms with E-state index in [1.807, 2.05) is 0 Å². The van der Waals surface area contributed by atoms with E-state index in [2.05, 4.69) is 9.72 Å². The molecule has 20 heavy (non-hydrogen) atoms. The lowest BCUT2D eigenvalue weighted by molar-refractivity contribution is -0.154. The summed E-state index contributed by atoms with van der Waals surface area (Å²) in [6.45, 7) is -1.43. The second-order valence-corrected chi connectivity index (χ2v) is 4.42. The third kappa shape index (κ3) is 3.77. The zero-order valence-electron chi connectivity index (χ0n) is 10.0. The molecule has 0 spiro atoms. The number of rotatable bonds is 3. The van der Waals surface area contributed by atoms with Crippen LogP contribution in [-0.4, -0.2) is 17.8 Å². The van der Waals surface area contributed by atoms with Crippen LogP contribution in [0.1, 0.15) is 0 Å². The van der Waals surface area contributed by atoms with E-state index < -0.39 is 12.8 Å². The summed E-state index contributed by atoms with van der Waals surface area (Å²) in [5.74, 6) is -0.166. The van der Waals surface area contributed by atoms with Crippen molar-refractivity contribution in [3.05, 3.63) is 47.3 Å². The Kier molecular flexibility index (Phi) is 4.04. The molecule has 1 aromatic heterocycles. The number of benzene rings is 1. The Hall–Kier alpha value is -1.95. The molecule has 0 saturated carbocycles. The maximum atomic E-state index is 12.2. The van der Waals surface area contributed by atoms with E-state index in [1.54, 1.807) is 24.3 Å². The van der Waals surface area contributed by atoms with Gasteiger partial charge in [-0.2, -0.15) is 13.2 Å². The van der Waals surface area contributed by atoms with Crippen LogP contribution in [0.4, 0.5) is 18.9 Å². The number of pyridine rings is 1. The molecule has 106 valence electrons. The summed E-state index contributed by atoms with van der Waals surface area (Å²) in [6.07, 6.45) is -3.32. The molecular formula is C13H9ClF3N2O-. The molecule has 0 aliphatic heterocycles. The predicted molar refractivity (Wildman–Crippen MR) is 70.2 cm³/mol. The number of nitrogens with zero attached hydrogens (tertiary/aromatic N) is 1. The van der Waals surface area contributed by atoms with Crippen LogP contribution in [0, 0.1) is 0 Å². The molecule has 1 N–H and O–H groups in total. The second-order valence-electron chi connectivity index (χ2n) is 3.99. The summed E-state index contributed by atoms with van der Waals surface area (Å²) in [4.78, 5) is 3.74. The maximum absolute atomic E-state index is 12.2. The third-order valence-electron chi connectivity index (χ3n) is 2.38. The highest BCUT2D eigenvalue weighted by Crippen LogP contribution is 2.32. The van der Waals surface area contributed by atoms with Crippen LogP contribution in [0.5, 0.6) is 5.88 Å². The fourth-order valence-electron chi connectivity index (χ4n) is 1.55. The van der Waals surface area contributed by atoms with Crippen molar-refractivity contribution >= 4 is 17.3 Å². The molecule has 3 nitrogen and oxygen atoms in total. The van der Waals surface area contributed by atoms with E-state index in [0.29, 0.717) is 16.1 Å². The highest BCUT2D eigenvalue weighted by molar-refractivity contribution is 6.30. The van der Waals surface area contributed by atoms with Crippen LogP contribution in [-0.2, 0) is 0 Å².